The number of carbonyl (C=O) groups is 3. The molecule has 1 unspecified atom stereocenters. The lowest BCUT2D eigenvalue weighted by Gasteiger charge is -2.36. The van der Waals surface area contributed by atoms with Crippen LogP contribution in [0.2, 0.25) is 0 Å². The molecule has 0 saturated carbocycles. The highest BCUT2D eigenvalue weighted by Gasteiger charge is 2.38. The fourth-order valence-corrected chi connectivity index (χ4v) is 5.95. The van der Waals surface area contributed by atoms with Gasteiger partial charge in [-0.15, -0.1) is 0 Å². The van der Waals surface area contributed by atoms with Crippen molar-refractivity contribution in [1.29, 1.82) is 0 Å². The molecule has 4 heterocycles. The van der Waals surface area contributed by atoms with Crippen molar-refractivity contribution in [2.45, 2.75) is 58.3 Å². The van der Waals surface area contributed by atoms with E-state index in [-0.39, 0.29) is 24.1 Å². The van der Waals surface area contributed by atoms with Crippen molar-refractivity contribution >= 4 is 24.0 Å². The van der Waals surface area contributed by atoms with Crippen molar-refractivity contribution in [2.75, 3.05) is 31.1 Å². The first kappa shape index (κ1) is 27.0. The zero-order chi connectivity index (χ0) is 28.9. The van der Waals surface area contributed by atoms with Crippen LogP contribution in [-0.2, 0) is 29.0 Å². The van der Waals surface area contributed by atoms with E-state index < -0.39 is 17.5 Å². The van der Waals surface area contributed by atoms with Crippen molar-refractivity contribution in [3.8, 4) is 11.1 Å². The van der Waals surface area contributed by atoms with Gasteiger partial charge in [0.15, 0.2) is 0 Å². The Kier molecular flexibility index (Phi) is 6.79. The number of imidazole rings is 1. The molecule has 0 aliphatic carbocycles. The highest BCUT2D eigenvalue weighted by molar-refractivity contribution is 6.01. The van der Waals surface area contributed by atoms with Gasteiger partial charge in [-0.3, -0.25) is 4.79 Å². The maximum atomic E-state index is 15.4. The van der Waals surface area contributed by atoms with Crippen molar-refractivity contribution in [3.63, 3.8) is 0 Å². The van der Waals surface area contributed by atoms with Crippen molar-refractivity contribution in [1.82, 2.24) is 19.4 Å². The largest absolute Gasteiger partial charge is 0.444 e. The third-order valence-corrected chi connectivity index (χ3v) is 8.05. The molecule has 0 bridgehead atoms. The first-order valence-electron chi connectivity index (χ1n) is 14.1. The van der Waals surface area contributed by atoms with E-state index in [2.05, 4.69) is 9.88 Å². The van der Waals surface area contributed by atoms with Crippen LogP contribution in [0.25, 0.3) is 11.1 Å². The van der Waals surface area contributed by atoms with Gasteiger partial charge in [0.2, 0.25) is 0 Å². The van der Waals surface area contributed by atoms with Crippen LogP contribution in [0.1, 0.15) is 60.5 Å². The molecule has 3 aromatic rings. The van der Waals surface area contributed by atoms with Crippen LogP contribution >= 0.6 is 0 Å². The summed E-state index contributed by atoms with van der Waals surface area (Å²) in [5.41, 5.74) is 4.01. The van der Waals surface area contributed by atoms with E-state index >= 15 is 4.39 Å². The van der Waals surface area contributed by atoms with Gasteiger partial charge in [0.05, 0.1) is 18.6 Å². The third kappa shape index (κ3) is 5.07. The molecule has 1 atom stereocenters. The Morgan fingerprint density at radius 1 is 1.05 bits per heavy atom. The summed E-state index contributed by atoms with van der Waals surface area (Å²) in [4.78, 5) is 47.8. The Bertz CT molecular complexity index is 1500. The van der Waals surface area contributed by atoms with Crippen molar-refractivity contribution in [2.24, 2.45) is 0 Å². The predicted molar refractivity (Wildman–Crippen MR) is 151 cm³/mol. The number of anilines is 1. The van der Waals surface area contributed by atoms with Gasteiger partial charge in [-0.2, -0.15) is 0 Å². The van der Waals surface area contributed by atoms with E-state index in [0.717, 1.165) is 42.6 Å². The highest BCUT2D eigenvalue weighted by atomic mass is 19.1. The number of fused-ring (bicyclic) bond motifs is 2. The molecule has 41 heavy (non-hydrogen) atoms. The van der Waals surface area contributed by atoms with Crippen molar-refractivity contribution < 1.29 is 23.5 Å². The zero-order valence-electron chi connectivity index (χ0n) is 23.6. The zero-order valence-corrected chi connectivity index (χ0v) is 23.6. The average molecular weight is 560 g/mol. The molecule has 9 nitrogen and oxygen atoms in total. The van der Waals surface area contributed by atoms with Crippen LogP contribution in [0.15, 0.2) is 42.7 Å². The summed E-state index contributed by atoms with van der Waals surface area (Å²) in [6, 6.07) is 10.1. The molecule has 0 radical (unpaired) electrons. The Labute approximate surface area is 238 Å². The van der Waals surface area contributed by atoms with Gasteiger partial charge in [-0.25, -0.2) is 14.2 Å². The minimum Gasteiger partial charge on any atom is -0.444 e. The Hall–Kier alpha value is -4.21. The molecule has 214 valence electrons. The summed E-state index contributed by atoms with van der Waals surface area (Å²) in [6.07, 6.45) is 3.93. The number of piperazine rings is 1. The number of aryl methyl sites for hydroxylation is 1. The fraction of sp³-hybridized carbons (Fsp3) is 0.419. The number of hydrogen-bond acceptors (Lipinski definition) is 6. The summed E-state index contributed by atoms with van der Waals surface area (Å²) < 4.78 is 22.9. The van der Waals surface area contributed by atoms with E-state index in [0.29, 0.717) is 43.0 Å². The molecule has 1 aromatic heterocycles. The SMILES string of the molecule is CC(C)(C)OC(=O)N1CCN(c2ccc(-c3cc(F)c4c(c3)C(=O)N(C(C=O)c3ncn5c3CCC5)C4)cc2)CC1. The minimum absolute atomic E-state index is 0.0319. The molecule has 0 N–H and O–H groups in total. The van der Waals surface area contributed by atoms with Gasteiger partial charge >= 0.3 is 6.09 Å². The number of halogens is 1. The maximum absolute atomic E-state index is 15.4. The number of aldehydes is 1. The summed E-state index contributed by atoms with van der Waals surface area (Å²) in [6.45, 7) is 8.93. The second kappa shape index (κ2) is 10.3. The van der Waals surface area contributed by atoms with Gasteiger partial charge < -0.3 is 28.8 Å². The standard InChI is InChI=1S/C31H34FN5O4/c1-31(2,3)41-30(40)35-13-11-34(12-14-35)22-8-6-20(7-9-22)21-15-23-24(25(32)16-21)17-37(29(23)39)27(18-38)28-26-5-4-10-36(26)19-33-28/h6-9,15-16,18-19,27H,4-5,10-14,17H2,1-3H3. The molecule has 1 fully saturated rings. The van der Waals surface area contributed by atoms with Crippen LogP contribution in [-0.4, -0.2) is 69.4 Å². The third-order valence-electron chi connectivity index (χ3n) is 8.05. The van der Waals surface area contributed by atoms with E-state index in [9.17, 15) is 14.4 Å². The van der Waals surface area contributed by atoms with E-state index in [4.69, 9.17) is 4.74 Å². The van der Waals surface area contributed by atoms with Gasteiger partial charge in [0.25, 0.3) is 5.91 Å². The van der Waals surface area contributed by atoms with Gasteiger partial charge in [0.1, 0.15) is 23.7 Å². The predicted octanol–water partition coefficient (Wildman–Crippen LogP) is 4.59. The molecule has 0 spiro atoms. The Balaban J connectivity index is 1.16. The monoisotopic (exact) mass is 559 g/mol. The molecule has 3 aliphatic heterocycles. The number of nitrogens with zero attached hydrogens (tertiary/aromatic N) is 5. The highest BCUT2D eigenvalue weighted by Crippen LogP contribution is 2.36. The lowest BCUT2D eigenvalue weighted by Crippen LogP contribution is -2.50. The normalized spacial score (nSPS) is 17.5. The molecule has 2 aromatic carbocycles. The summed E-state index contributed by atoms with van der Waals surface area (Å²) in [5, 5.41) is 0. The van der Waals surface area contributed by atoms with Gasteiger partial charge in [-0.05, 0) is 69.0 Å². The molecular formula is C31H34FN5O4. The van der Waals surface area contributed by atoms with Gasteiger partial charge in [-0.1, -0.05) is 12.1 Å². The lowest BCUT2D eigenvalue weighted by atomic mass is 9.99. The van der Waals surface area contributed by atoms with Crippen LogP contribution in [0, 0.1) is 5.82 Å². The van der Waals surface area contributed by atoms with E-state index in [1.165, 1.54) is 11.0 Å². The molecule has 2 amide bonds. The minimum atomic E-state index is -0.845. The Morgan fingerprint density at radius 3 is 2.46 bits per heavy atom. The van der Waals surface area contributed by atoms with Gasteiger partial charge in [0, 0.05) is 55.2 Å². The first-order chi connectivity index (χ1) is 19.6. The first-order valence-corrected chi connectivity index (χ1v) is 14.1. The maximum Gasteiger partial charge on any atom is 0.410 e. The van der Waals surface area contributed by atoms with Crippen LogP contribution < -0.4 is 4.90 Å². The average Bonchev–Trinajstić information content (AvgIpc) is 3.65. The van der Waals surface area contributed by atoms with Crippen LogP contribution in [0.5, 0.6) is 0 Å². The molecule has 1 saturated heterocycles. The second-order valence-corrected chi connectivity index (χ2v) is 11.9. The molecule has 6 rings (SSSR count). The van der Waals surface area contributed by atoms with Crippen LogP contribution in [0.3, 0.4) is 0 Å². The Morgan fingerprint density at radius 2 is 1.78 bits per heavy atom. The molecule has 10 heteroatoms. The number of hydrogen-bond donors (Lipinski definition) is 0. The number of amides is 2. The van der Waals surface area contributed by atoms with E-state index in [1.807, 2.05) is 49.6 Å². The molecule has 3 aliphatic rings. The number of rotatable bonds is 5. The number of ether oxygens (including phenoxy) is 1. The number of benzene rings is 2. The number of aromatic nitrogens is 2. The summed E-state index contributed by atoms with van der Waals surface area (Å²) in [7, 11) is 0. The van der Waals surface area contributed by atoms with Crippen LogP contribution in [0.4, 0.5) is 14.9 Å². The lowest BCUT2D eigenvalue weighted by molar-refractivity contribution is -0.112. The topological polar surface area (TPSA) is 88.0 Å². The number of carbonyl (C=O) groups excluding carboxylic acids is 3. The summed E-state index contributed by atoms with van der Waals surface area (Å²) >= 11 is 0. The quantitative estimate of drug-likeness (QED) is 0.425. The second-order valence-electron chi connectivity index (χ2n) is 11.9. The fourth-order valence-electron chi connectivity index (χ4n) is 5.95. The van der Waals surface area contributed by atoms with Crippen molar-refractivity contribution in [3.05, 3.63) is 71.1 Å². The summed E-state index contributed by atoms with van der Waals surface area (Å²) in [5.74, 6) is -0.826. The smallest absolute Gasteiger partial charge is 0.410 e. The molecular weight excluding hydrogens is 525 g/mol. The van der Waals surface area contributed by atoms with E-state index in [1.54, 1.807) is 17.3 Å².